The lowest BCUT2D eigenvalue weighted by atomic mass is 9.98. The molecule has 32 heavy (non-hydrogen) atoms. The first-order valence-corrected chi connectivity index (χ1v) is 10.7. The molecule has 0 radical (unpaired) electrons. The van der Waals surface area contributed by atoms with E-state index in [0.29, 0.717) is 13.2 Å². The van der Waals surface area contributed by atoms with Crippen LogP contribution in [0.5, 0.6) is 0 Å². The summed E-state index contributed by atoms with van der Waals surface area (Å²) in [7, 11) is 0. The SMILES string of the molecule is Nc1ccc2cc(C=CCNC(=O)OCC3c4ccccc4-c4ccccc43)ccc2c1. The summed E-state index contributed by atoms with van der Waals surface area (Å²) in [6.07, 6.45) is 3.49. The molecule has 0 aliphatic heterocycles. The molecular weight excluding hydrogens is 396 g/mol. The molecule has 0 saturated carbocycles. The molecule has 158 valence electrons. The zero-order valence-corrected chi connectivity index (χ0v) is 17.6. The smallest absolute Gasteiger partial charge is 0.407 e. The predicted octanol–water partition coefficient (Wildman–Crippen LogP) is 5.97. The number of rotatable bonds is 5. The first-order chi connectivity index (χ1) is 15.7. The van der Waals surface area contributed by atoms with Crippen LogP contribution in [-0.2, 0) is 4.74 Å². The van der Waals surface area contributed by atoms with Crippen molar-refractivity contribution < 1.29 is 9.53 Å². The number of hydrogen-bond donors (Lipinski definition) is 2. The summed E-state index contributed by atoms with van der Waals surface area (Å²) in [5, 5.41) is 5.05. The molecule has 0 atom stereocenters. The fourth-order valence-corrected chi connectivity index (χ4v) is 4.37. The van der Waals surface area contributed by atoms with Gasteiger partial charge in [-0.05, 0) is 56.8 Å². The second-order valence-electron chi connectivity index (χ2n) is 7.97. The molecule has 0 unspecified atom stereocenters. The fourth-order valence-electron chi connectivity index (χ4n) is 4.37. The van der Waals surface area contributed by atoms with Crippen molar-refractivity contribution in [3.63, 3.8) is 0 Å². The third-order valence-corrected chi connectivity index (χ3v) is 5.91. The van der Waals surface area contributed by atoms with Gasteiger partial charge in [0.2, 0.25) is 0 Å². The summed E-state index contributed by atoms with van der Waals surface area (Å²) >= 11 is 0. The molecule has 4 nitrogen and oxygen atoms in total. The third-order valence-electron chi connectivity index (χ3n) is 5.91. The first kappa shape index (κ1) is 19.9. The number of hydrogen-bond acceptors (Lipinski definition) is 3. The van der Waals surface area contributed by atoms with Crippen molar-refractivity contribution in [1.29, 1.82) is 0 Å². The summed E-state index contributed by atoms with van der Waals surface area (Å²) in [6, 6.07) is 28.7. The Kier molecular flexibility index (Phi) is 5.34. The van der Waals surface area contributed by atoms with E-state index >= 15 is 0 Å². The van der Waals surface area contributed by atoms with Crippen molar-refractivity contribution in [3.8, 4) is 11.1 Å². The summed E-state index contributed by atoms with van der Waals surface area (Å²) in [5.74, 6) is 0.0651. The van der Waals surface area contributed by atoms with Crippen LogP contribution in [0.25, 0.3) is 28.0 Å². The van der Waals surface area contributed by atoms with Crippen molar-refractivity contribution in [3.05, 3.63) is 108 Å². The molecule has 0 aromatic heterocycles. The number of carbonyl (C=O) groups excluding carboxylic acids is 1. The zero-order chi connectivity index (χ0) is 21.9. The normalized spacial score (nSPS) is 12.6. The summed E-state index contributed by atoms with van der Waals surface area (Å²) in [4.78, 5) is 12.3. The van der Waals surface area contributed by atoms with Gasteiger partial charge in [0.15, 0.2) is 0 Å². The van der Waals surface area contributed by atoms with Gasteiger partial charge in [-0.2, -0.15) is 0 Å². The monoisotopic (exact) mass is 420 g/mol. The molecule has 4 heteroatoms. The van der Waals surface area contributed by atoms with Gasteiger partial charge in [0.05, 0.1) is 0 Å². The van der Waals surface area contributed by atoms with Crippen molar-refractivity contribution in [1.82, 2.24) is 5.32 Å². The van der Waals surface area contributed by atoms with E-state index in [-0.39, 0.29) is 5.92 Å². The number of amides is 1. The highest BCUT2D eigenvalue weighted by molar-refractivity contribution is 5.87. The van der Waals surface area contributed by atoms with E-state index in [9.17, 15) is 4.79 Å². The summed E-state index contributed by atoms with van der Waals surface area (Å²) in [6.45, 7) is 0.716. The highest BCUT2D eigenvalue weighted by atomic mass is 16.5. The lowest BCUT2D eigenvalue weighted by molar-refractivity contribution is 0.144. The quantitative estimate of drug-likeness (QED) is 0.391. The highest BCUT2D eigenvalue weighted by Gasteiger charge is 2.28. The molecule has 0 heterocycles. The van der Waals surface area contributed by atoms with Crippen LogP contribution in [0.3, 0.4) is 0 Å². The van der Waals surface area contributed by atoms with E-state index in [1.165, 1.54) is 22.3 Å². The molecule has 0 bridgehead atoms. The average molecular weight is 421 g/mol. The van der Waals surface area contributed by atoms with Crippen molar-refractivity contribution in [2.75, 3.05) is 18.9 Å². The van der Waals surface area contributed by atoms with Gasteiger partial charge in [0, 0.05) is 18.2 Å². The Morgan fingerprint density at radius 3 is 2.28 bits per heavy atom. The Morgan fingerprint density at radius 2 is 1.53 bits per heavy atom. The highest BCUT2D eigenvalue weighted by Crippen LogP contribution is 2.44. The number of alkyl carbamates (subject to hydrolysis) is 1. The van der Waals surface area contributed by atoms with Gasteiger partial charge < -0.3 is 15.8 Å². The van der Waals surface area contributed by atoms with Crippen LogP contribution in [0.4, 0.5) is 10.5 Å². The number of nitrogens with one attached hydrogen (secondary N) is 1. The van der Waals surface area contributed by atoms with E-state index in [1.54, 1.807) is 0 Å². The predicted molar refractivity (Wildman–Crippen MR) is 130 cm³/mol. The van der Waals surface area contributed by atoms with Gasteiger partial charge in [0.25, 0.3) is 0 Å². The Morgan fingerprint density at radius 1 is 0.875 bits per heavy atom. The number of fused-ring (bicyclic) bond motifs is 4. The number of carbonyl (C=O) groups is 1. The van der Waals surface area contributed by atoms with E-state index in [4.69, 9.17) is 10.5 Å². The average Bonchev–Trinajstić information content (AvgIpc) is 3.14. The molecule has 5 rings (SSSR count). The number of benzene rings is 4. The van der Waals surface area contributed by atoms with Gasteiger partial charge in [-0.3, -0.25) is 0 Å². The minimum absolute atomic E-state index is 0.0651. The van der Waals surface area contributed by atoms with Gasteiger partial charge in [-0.25, -0.2) is 4.79 Å². The summed E-state index contributed by atoms with van der Waals surface area (Å²) < 4.78 is 5.57. The molecule has 0 spiro atoms. The zero-order valence-electron chi connectivity index (χ0n) is 17.6. The van der Waals surface area contributed by atoms with Crippen LogP contribution in [-0.4, -0.2) is 19.2 Å². The molecule has 3 N–H and O–H groups in total. The van der Waals surface area contributed by atoms with Crippen molar-refractivity contribution in [2.45, 2.75) is 5.92 Å². The van der Waals surface area contributed by atoms with Gasteiger partial charge >= 0.3 is 6.09 Å². The van der Waals surface area contributed by atoms with Crippen LogP contribution in [0, 0.1) is 0 Å². The molecule has 0 fully saturated rings. The van der Waals surface area contributed by atoms with E-state index < -0.39 is 6.09 Å². The molecule has 4 aromatic carbocycles. The fraction of sp³-hybridized carbons (Fsp3) is 0.107. The van der Waals surface area contributed by atoms with Crippen molar-refractivity contribution in [2.24, 2.45) is 0 Å². The van der Waals surface area contributed by atoms with Crippen LogP contribution in [0.2, 0.25) is 0 Å². The Labute approximate surface area is 187 Å². The number of anilines is 1. The van der Waals surface area contributed by atoms with E-state index in [1.807, 2.05) is 66.7 Å². The lowest BCUT2D eigenvalue weighted by Crippen LogP contribution is -2.26. The van der Waals surface area contributed by atoms with Crippen LogP contribution in [0.15, 0.2) is 91.0 Å². The second kappa shape index (κ2) is 8.60. The maximum atomic E-state index is 12.3. The number of nitrogens with two attached hydrogens (primary N) is 1. The second-order valence-corrected chi connectivity index (χ2v) is 7.97. The molecule has 1 aliphatic carbocycles. The molecule has 1 aliphatic rings. The van der Waals surface area contributed by atoms with E-state index in [2.05, 4.69) is 35.6 Å². The Hall–Kier alpha value is -4.05. The van der Waals surface area contributed by atoms with Gasteiger partial charge in [0.1, 0.15) is 6.61 Å². The van der Waals surface area contributed by atoms with Crippen molar-refractivity contribution >= 4 is 28.6 Å². The van der Waals surface area contributed by atoms with Crippen LogP contribution in [0.1, 0.15) is 22.6 Å². The first-order valence-electron chi connectivity index (χ1n) is 10.7. The molecule has 4 aromatic rings. The molecule has 0 saturated heterocycles. The van der Waals surface area contributed by atoms with Crippen LogP contribution < -0.4 is 11.1 Å². The Balaban J connectivity index is 1.17. The third kappa shape index (κ3) is 3.95. The maximum Gasteiger partial charge on any atom is 0.407 e. The Bertz CT molecular complexity index is 1280. The summed E-state index contributed by atoms with van der Waals surface area (Å²) in [5.41, 5.74) is 12.5. The molecule has 1 amide bonds. The van der Waals surface area contributed by atoms with Crippen LogP contribution >= 0.6 is 0 Å². The van der Waals surface area contributed by atoms with Gasteiger partial charge in [-0.15, -0.1) is 0 Å². The van der Waals surface area contributed by atoms with Gasteiger partial charge in [-0.1, -0.05) is 78.9 Å². The topological polar surface area (TPSA) is 64.3 Å². The lowest BCUT2D eigenvalue weighted by Gasteiger charge is -2.14. The minimum atomic E-state index is -0.412. The number of ether oxygens (including phenoxy) is 1. The van der Waals surface area contributed by atoms with E-state index in [0.717, 1.165) is 22.0 Å². The molecular formula is C28H24N2O2. The standard InChI is InChI=1S/C28H24N2O2/c29-22-14-13-20-16-19(11-12-21(20)17-22)6-5-15-30-28(31)32-18-27-25-9-3-1-7-23(25)24-8-2-4-10-26(24)27/h1-14,16-17,27H,15,18,29H2,(H,30,31). The minimum Gasteiger partial charge on any atom is -0.449 e. The largest absolute Gasteiger partial charge is 0.449 e. The maximum absolute atomic E-state index is 12.3. The number of nitrogen functional groups attached to an aromatic ring is 1.